The van der Waals surface area contributed by atoms with Gasteiger partial charge >= 0.3 is 0 Å². The fraction of sp³-hybridized carbons (Fsp3) is 0.529. The van der Waals surface area contributed by atoms with Crippen molar-refractivity contribution < 1.29 is 0 Å². The minimum atomic E-state index is 0.730. The zero-order valence-corrected chi connectivity index (χ0v) is 12.7. The van der Waals surface area contributed by atoms with Crippen LogP contribution in [-0.2, 0) is 0 Å². The van der Waals surface area contributed by atoms with E-state index in [0.29, 0.717) is 0 Å². The van der Waals surface area contributed by atoms with Crippen LogP contribution in [0, 0.1) is 5.92 Å². The number of anilines is 1. The van der Waals surface area contributed by atoms with Crippen molar-refractivity contribution in [1.29, 1.82) is 0 Å². The van der Waals surface area contributed by atoms with Gasteiger partial charge in [0, 0.05) is 23.0 Å². The first-order chi connectivity index (χ1) is 9.90. The van der Waals surface area contributed by atoms with Gasteiger partial charge in [-0.3, -0.25) is 0 Å². The van der Waals surface area contributed by atoms with E-state index in [1.165, 1.54) is 61.1 Å². The van der Waals surface area contributed by atoms with Crippen molar-refractivity contribution in [3.8, 4) is 0 Å². The van der Waals surface area contributed by atoms with Crippen LogP contribution in [0.25, 0.3) is 10.1 Å². The molecule has 1 saturated heterocycles. The van der Waals surface area contributed by atoms with Gasteiger partial charge in [-0.15, -0.1) is 11.3 Å². The average molecular weight is 286 g/mol. The highest BCUT2D eigenvalue weighted by Crippen LogP contribution is 2.35. The van der Waals surface area contributed by atoms with E-state index in [4.69, 9.17) is 0 Å². The van der Waals surface area contributed by atoms with Crippen LogP contribution in [0.3, 0.4) is 0 Å². The number of hydrogen-bond donors (Lipinski definition) is 1. The maximum Gasteiger partial charge on any atom is 0.0375 e. The van der Waals surface area contributed by atoms with Crippen LogP contribution in [-0.4, -0.2) is 25.7 Å². The van der Waals surface area contributed by atoms with Crippen molar-refractivity contribution >= 4 is 27.1 Å². The molecule has 2 aliphatic rings. The van der Waals surface area contributed by atoms with E-state index in [2.05, 4.69) is 39.9 Å². The topological polar surface area (TPSA) is 15.3 Å². The standard InChI is InChI=1S/C17H22N2S/c1-2-13(1)12-19(15-5-8-18-9-6-15)16-3-4-17-14(11-16)7-10-20-17/h3-4,7,10-11,13,15,18H,1-2,5-6,8-9,12H2. The van der Waals surface area contributed by atoms with Crippen molar-refractivity contribution in [2.75, 3.05) is 24.5 Å². The van der Waals surface area contributed by atoms with E-state index >= 15 is 0 Å². The largest absolute Gasteiger partial charge is 0.368 e. The Bertz CT molecular complexity index is 581. The second-order valence-corrected chi connectivity index (χ2v) is 7.17. The monoisotopic (exact) mass is 286 g/mol. The zero-order valence-electron chi connectivity index (χ0n) is 11.8. The quantitative estimate of drug-likeness (QED) is 0.918. The highest BCUT2D eigenvalue weighted by molar-refractivity contribution is 7.17. The highest BCUT2D eigenvalue weighted by Gasteiger charge is 2.29. The summed E-state index contributed by atoms with van der Waals surface area (Å²) < 4.78 is 1.41. The Morgan fingerprint density at radius 2 is 1.95 bits per heavy atom. The van der Waals surface area contributed by atoms with Crippen molar-refractivity contribution in [2.45, 2.75) is 31.7 Å². The van der Waals surface area contributed by atoms with Crippen LogP contribution in [0.4, 0.5) is 5.69 Å². The summed E-state index contributed by atoms with van der Waals surface area (Å²) >= 11 is 1.84. The molecule has 2 fully saturated rings. The maximum atomic E-state index is 3.49. The Morgan fingerprint density at radius 1 is 1.10 bits per heavy atom. The molecule has 1 aliphatic carbocycles. The molecule has 0 unspecified atom stereocenters. The predicted molar refractivity (Wildman–Crippen MR) is 87.8 cm³/mol. The number of rotatable bonds is 4. The molecule has 1 N–H and O–H groups in total. The van der Waals surface area contributed by atoms with E-state index in [1.54, 1.807) is 0 Å². The molecule has 0 bridgehead atoms. The lowest BCUT2D eigenvalue weighted by Gasteiger charge is -2.36. The summed E-state index contributed by atoms with van der Waals surface area (Å²) in [6.45, 7) is 3.61. The number of piperidine rings is 1. The first-order valence-corrected chi connectivity index (χ1v) is 8.73. The molecule has 1 aromatic heterocycles. The van der Waals surface area contributed by atoms with Crippen molar-refractivity contribution in [3.05, 3.63) is 29.6 Å². The number of hydrogen-bond acceptors (Lipinski definition) is 3. The van der Waals surface area contributed by atoms with Gasteiger partial charge in [-0.1, -0.05) is 0 Å². The van der Waals surface area contributed by atoms with Gasteiger partial charge in [-0.2, -0.15) is 0 Å². The van der Waals surface area contributed by atoms with Gasteiger partial charge in [0.1, 0.15) is 0 Å². The Labute approximate surface area is 124 Å². The summed E-state index contributed by atoms with van der Waals surface area (Å²) in [6, 6.07) is 10.0. The van der Waals surface area contributed by atoms with Crippen molar-refractivity contribution in [3.63, 3.8) is 0 Å². The molecule has 0 amide bonds. The molecular formula is C17H22N2S. The third kappa shape index (κ3) is 2.57. The molecule has 2 aromatic rings. The first-order valence-electron chi connectivity index (χ1n) is 7.85. The van der Waals surface area contributed by atoms with E-state index in [-0.39, 0.29) is 0 Å². The smallest absolute Gasteiger partial charge is 0.0375 e. The second-order valence-electron chi connectivity index (χ2n) is 6.22. The Hall–Kier alpha value is -1.06. The SMILES string of the molecule is c1cc2cc(N(CC3CC3)C3CCNCC3)ccc2s1. The minimum Gasteiger partial charge on any atom is -0.368 e. The van der Waals surface area contributed by atoms with Gasteiger partial charge in [0.2, 0.25) is 0 Å². The zero-order chi connectivity index (χ0) is 13.4. The summed E-state index contributed by atoms with van der Waals surface area (Å²) in [4.78, 5) is 2.70. The Balaban J connectivity index is 1.64. The summed E-state index contributed by atoms with van der Waals surface area (Å²) in [5, 5.41) is 7.09. The third-order valence-electron chi connectivity index (χ3n) is 4.67. The third-order valence-corrected chi connectivity index (χ3v) is 5.57. The van der Waals surface area contributed by atoms with Gasteiger partial charge in [0.25, 0.3) is 0 Å². The lowest BCUT2D eigenvalue weighted by molar-refractivity contribution is 0.425. The fourth-order valence-electron chi connectivity index (χ4n) is 3.29. The number of benzene rings is 1. The predicted octanol–water partition coefficient (Wildman–Crippen LogP) is 3.87. The van der Waals surface area contributed by atoms with Crippen LogP contribution in [0.15, 0.2) is 29.6 Å². The van der Waals surface area contributed by atoms with E-state index in [0.717, 1.165) is 12.0 Å². The number of fused-ring (bicyclic) bond motifs is 1. The molecule has 4 rings (SSSR count). The van der Waals surface area contributed by atoms with Crippen molar-refractivity contribution in [1.82, 2.24) is 5.32 Å². The summed E-state index contributed by atoms with van der Waals surface area (Å²) in [7, 11) is 0. The number of nitrogens with zero attached hydrogens (tertiary/aromatic N) is 1. The molecule has 2 nitrogen and oxygen atoms in total. The van der Waals surface area contributed by atoms with Crippen LogP contribution in [0.5, 0.6) is 0 Å². The molecule has 0 spiro atoms. The summed E-state index contributed by atoms with van der Waals surface area (Å²) in [5.41, 5.74) is 1.44. The Morgan fingerprint density at radius 3 is 2.75 bits per heavy atom. The molecule has 3 heteroatoms. The lowest BCUT2D eigenvalue weighted by Crippen LogP contribution is -2.44. The van der Waals surface area contributed by atoms with Gasteiger partial charge in [0.15, 0.2) is 0 Å². The van der Waals surface area contributed by atoms with Gasteiger partial charge in [-0.25, -0.2) is 0 Å². The van der Waals surface area contributed by atoms with Gasteiger partial charge in [-0.05, 0) is 79.7 Å². The molecule has 0 atom stereocenters. The molecule has 1 saturated carbocycles. The molecule has 20 heavy (non-hydrogen) atoms. The van der Waals surface area contributed by atoms with E-state index < -0.39 is 0 Å². The Kier molecular flexibility index (Phi) is 3.41. The maximum absolute atomic E-state index is 3.49. The number of thiophene rings is 1. The summed E-state index contributed by atoms with van der Waals surface area (Å²) in [5.74, 6) is 0.947. The van der Waals surface area contributed by atoms with Crippen molar-refractivity contribution in [2.24, 2.45) is 5.92 Å². The minimum absolute atomic E-state index is 0.730. The van der Waals surface area contributed by atoms with E-state index in [1.807, 2.05) is 11.3 Å². The van der Waals surface area contributed by atoms with Gasteiger partial charge < -0.3 is 10.2 Å². The molecule has 0 radical (unpaired) electrons. The highest BCUT2D eigenvalue weighted by atomic mass is 32.1. The molecule has 1 aliphatic heterocycles. The van der Waals surface area contributed by atoms with Crippen LogP contribution in [0.1, 0.15) is 25.7 Å². The molecule has 1 aromatic carbocycles. The molecule has 2 heterocycles. The lowest BCUT2D eigenvalue weighted by atomic mass is 10.0. The van der Waals surface area contributed by atoms with Crippen LogP contribution < -0.4 is 10.2 Å². The second kappa shape index (κ2) is 5.38. The van der Waals surface area contributed by atoms with Gasteiger partial charge in [0.05, 0.1) is 0 Å². The fourth-order valence-corrected chi connectivity index (χ4v) is 4.07. The summed E-state index contributed by atoms with van der Waals surface area (Å²) in [6.07, 6.45) is 5.44. The molecular weight excluding hydrogens is 264 g/mol. The first kappa shape index (κ1) is 12.7. The van der Waals surface area contributed by atoms with Crippen LogP contribution in [0.2, 0.25) is 0 Å². The normalized spacial score (nSPS) is 20.4. The van der Waals surface area contributed by atoms with Crippen LogP contribution >= 0.6 is 11.3 Å². The molecule has 106 valence electrons. The van der Waals surface area contributed by atoms with E-state index in [9.17, 15) is 0 Å². The number of nitrogens with one attached hydrogen (secondary N) is 1. The average Bonchev–Trinajstić information content (AvgIpc) is 3.20.